The van der Waals surface area contributed by atoms with Crippen LogP contribution >= 0.6 is 0 Å². The normalized spacial score (nSPS) is 10.7. The van der Waals surface area contributed by atoms with Gasteiger partial charge in [-0.3, -0.25) is 9.78 Å². The van der Waals surface area contributed by atoms with Crippen molar-refractivity contribution in [2.75, 3.05) is 5.43 Å². The maximum Gasteiger partial charge on any atom is 0.270 e. The largest absolute Gasteiger partial charge is 0.486 e. The number of nitrogens with one attached hydrogen (secondary N) is 2. The number of anilines is 1. The molecule has 0 unspecified atom stereocenters. The third-order valence-corrected chi connectivity index (χ3v) is 4.67. The van der Waals surface area contributed by atoms with Crippen LogP contribution in [0.5, 0.6) is 5.75 Å². The molecule has 7 nitrogen and oxygen atoms in total. The number of nitrogens with zero attached hydrogens (tertiary/aromatic N) is 3. The molecule has 162 valence electrons. The van der Waals surface area contributed by atoms with Crippen molar-refractivity contribution in [3.63, 3.8) is 0 Å². The topological polar surface area (TPSA) is 103 Å². The molecule has 0 saturated heterocycles. The summed E-state index contributed by atoms with van der Waals surface area (Å²) in [4.78, 5) is 19.1. The molecule has 0 saturated carbocycles. The molecule has 0 spiro atoms. The average Bonchev–Trinajstić information content (AvgIpc) is 2.84. The summed E-state index contributed by atoms with van der Waals surface area (Å²) in [6.45, 7) is 0.231. The molecule has 0 amide bonds. The summed E-state index contributed by atoms with van der Waals surface area (Å²) in [6, 6.07) is 24.5. The number of halogens is 1. The molecule has 4 rings (SSSR count). The molecular formula is C25H18FN5O2. The molecule has 0 aliphatic heterocycles. The van der Waals surface area contributed by atoms with E-state index in [2.05, 4.69) is 20.5 Å². The van der Waals surface area contributed by atoms with Gasteiger partial charge in [-0.25, -0.2) is 14.8 Å². The Hall–Kier alpha value is -4.77. The molecule has 1 aromatic heterocycles. The number of hydrogen-bond acceptors (Lipinski definition) is 6. The maximum atomic E-state index is 13.6. The van der Waals surface area contributed by atoms with Gasteiger partial charge >= 0.3 is 0 Å². The second-order valence-corrected chi connectivity index (χ2v) is 6.95. The number of para-hydroxylation sites is 1. The number of H-pyrrole nitrogens is 1. The number of aromatic nitrogens is 2. The third-order valence-electron chi connectivity index (χ3n) is 4.67. The van der Waals surface area contributed by atoms with Gasteiger partial charge in [0.25, 0.3) is 5.56 Å². The minimum absolute atomic E-state index is 0.0658. The molecule has 0 aliphatic rings. The third kappa shape index (κ3) is 5.29. The van der Waals surface area contributed by atoms with Gasteiger partial charge in [0, 0.05) is 5.56 Å². The van der Waals surface area contributed by atoms with E-state index in [-0.39, 0.29) is 29.6 Å². The van der Waals surface area contributed by atoms with Gasteiger partial charge in [0.15, 0.2) is 11.6 Å². The highest BCUT2D eigenvalue weighted by molar-refractivity contribution is 5.80. The van der Waals surface area contributed by atoms with E-state index in [1.807, 2.05) is 36.4 Å². The Balaban J connectivity index is 1.43. The first kappa shape index (κ1) is 21.5. The molecule has 2 N–H and O–H groups in total. The lowest BCUT2D eigenvalue weighted by Gasteiger charge is -2.07. The smallest absolute Gasteiger partial charge is 0.270 e. The fraction of sp³-hybridized carbons (Fsp3) is 0.0400. The lowest BCUT2D eigenvalue weighted by atomic mass is 10.1. The first-order valence-electron chi connectivity index (χ1n) is 9.99. The van der Waals surface area contributed by atoms with E-state index in [9.17, 15) is 14.4 Å². The van der Waals surface area contributed by atoms with Crippen molar-refractivity contribution in [1.82, 2.24) is 9.97 Å². The maximum absolute atomic E-state index is 13.6. The molecule has 33 heavy (non-hydrogen) atoms. The van der Waals surface area contributed by atoms with Gasteiger partial charge in [-0.15, -0.1) is 0 Å². The predicted molar refractivity (Wildman–Crippen MR) is 123 cm³/mol. The summed E-state index contributed by atoms with van der Waals surface area (Å²) < 4.78 is 19.1. The zero-order valence-corrected chi connectivity index (χ0v) is 17.3. The lowest BCUT2D eigenvalue weighted by Crippen LogP contribution is -2.16. The van der Waals surface area contributed by atoms with Crippen LogP contribution in [0.4, 0.5) is 10.3 Å². The van der Waals surface area contributed by atoms with Crippen molar-refractivity contribution < 1.29 is 9.13 Å². The second kappa shape index (κ2) is 10.0. The fourth-order valence-electron chi connectivity index (χ4n) is 3.03. The van der Waals surface area contributed by atoms with Gasteiger partial charge in [0.2, 0.25) is 5.95 Å². The number of hydrogen-bond donors (Lipinski definition) is 2. The van der Waals surface area contributed by atoms with E-state index >= 15 is 0 Å². The number of benzene rings is 3. The standard InChI is InChI=1S/C25H18FN5O2/c26-21-8-4-5-9-22(21)33-16-18-12-10-17(11-13-18)15-28-31-25-29-23(19-6-2-1-3-7-19)20(14-27)24(32)30-25/h1-13,15H,16H2,(H2,29,30,31,32). The van der Waals surface area contributed by atoms with Crippen molar-refractivity contribution in [3.8, 4) is 23.1 Å². The van der Waals surface area contributed by atoms with Crippen LogP contribution in [-0.4, -0.2) is 16.2 Å². The summed E-state index contributed by atoms with van der Waals surface area (Å²) in [7, 11) is 0. The minimum Gasteiger partial charge on any atom is -0.486 e. The Bertz CT molecular complexity index is 1380. The minimum atomic E-state index is -0.553. The van der Waals surface area contributed by atoms with Gasteiger partial charge in [0.1, 0.15) is 18.2 Å². The number of nitriles is 1. The number of ether oxygens (including phenoxy) is 1. The van der Waals surface area contributed by atoms with Crippen LogP contribution in [-0.2, 0) is 6.61 Å². The molecule has 0 radical (unpaired) electrons. The average molecular weight is 439 g/mol. The predicted octanol–water partition coefficient (Wildman–Crippen LogP) is 4.47. The van der Waals surface area contributed by atoms with Crippen LogP contribution in [0.25, 0.3) is 11.3 Å². The first-order chi connectivity index (χ1) is 16.1. The highest BCUT2D eigenvalue weighted by atomic mass is 19.1. The van der Waals surface area contributed by atoms with Gasteiger partial charge in [-0.2, -0.15) is 10.4 Å². The SMILES string of the molecule is N#Cc1c(-c2ccccc2)nc(NN=Cc2ccc(COc3ccccc3F)cc2)[nH]c1=O. The van der Waals surface area contributed by atoms with Crippen LogP contribution < -0.4 is 15.7 Å². The van der Waals surface area contributed by atoms with Crippen LogP contribution in [0.2, 0.25) is 0 Å². The summed E-state index contributed by atoms with van der Waals surface area (Å²) in [5, 5.41) is 13.4. The van der Waals surface area contributed by atoms with Gasteiger partial charge < -0.3 is 4.74 Å². The molecule has 8 heteroatoms. The zero-order chi connectivity index (χ0) is 23.0. The fourth-order valence-corrected chi connectivity index (χ4v) is 3.03. The first-order valence-corrected chi connectivity index (χ1v) is 9.99. The van der Waals surface area contributed by atoms with E-state index in [4.69, 9.17) is 4.74 Å². The van der Waals surface area contributed by atoms with E-state index in [0.717, 1.165) is 11.1 Å². The van der Waals surface area contributed by atoms with Crippen LogP contribution in [0.1, 0.15) is 16.7 Å². The number of rotatable bonds is 7. The molecule has 0 fully saturated rings. The second-order valence-electron chi connectivity index (χ2n) is 6.95. The lowest BCUT2D eigenvalue weighted by molar-refractivity contribution is 0.290. The van der Waals surface area contributed by atoms with Crippen molar-refractivity contribution in [3.05, 3.63) is 112 Å². The Morgan fingerprint density at radius 1 is 1.06 bits per heavy atom. The molecule has 0 atom stereocenters. The van der Waals surface area contributed by atoms with Gasteiger partial charge in [-0.05, 0) is 23.3 Å². The van der Waals surface area contributed by atoms with Gasteiger partial charge in [0.05, 0.1) is 11.9 Å². The van der Waals surface area contributed by atoms with E-state index in [1.165, 1.54) is 6.07 Å². The Labute approximate surface area is 188 Å². The van der Waals surface area contributed by atoms with Crippen molar-refractivity contribution in [1.29, 1.82) is 5.26 Å². The van der Waals surface area contributed by atoms with Crippen LogP contribution in [0.15, 0.2) is 88.8 Å². The van der Waals surface area contributed by atoms with Crippen LogP contribution in [0.3, 0.4) is 0 Å². The Kier molecular flexibility index (Phi) is 6.52. The molecular weight excluding hydrogens is 421 g/mol. The number of hydrazone groups is 1. The molecule has 4 aromatic rings. The Morgan fingerprint density at radius 3 is 2.52 bits per heavy atom. The monoisotopic (exact) mass is 439 g/mol. The summed E-state index contributed by atoms with van der Waals surface area (Å²) in [6.07, 6.45) is 1.56. The highest BCUT2D eigenvalue weighted by Gasteiger charge is 2.12. The Morgan fingerprint density at radius 2 is 1.79 bits per heavy atom. The van der Waals surface area contributed by atoms with Crippen molar-refractivity contribution >= 4 is 12.2 Å². The van der Waals surface area contributed by atoms with Gasteiger partial charge in [-0.1, -0.05) is 66.7 Å². The highest BCUT2D eigenvalue weighted by Crippen LogP contribution is 2.20. The van der Waals surface area contributed by atoms with Crippen LogP contribution in [0, 0.1) is 17.1 Å². The van der Waals surface area contributed by atoms with E-state index in [0.29, 0.717) is 5.56 Å². The number of aromatic amines is 1. The zero-order valence-electron chi connectivity index (χ0n) is 17.3. The van der Waals surface area contributed by atoms with Crippen molar-refractivity contribution in [2.24, 2.45) is 5.10 Å². The summed E-state index contributed by atoms with van der Waals surface area (Å²) in [5.41, 5.74) is 4.66. The molecule has 0 aliphatic carbocycles. The summed E-state index contributed by atoms with van der Waals surface area (Å²) >= 11 is 0. The summed E-state index contributed by atoms with van der Waals surface area (Å²) in [5.74, 6) is -0.0904. The molecule has 1 heterocycles. The van der Waals surface area contributed by atoms with E-state index in [1.54, 1.807) is 48.7 Å². The quantitative estimate of drug-likeness (QED) is 0.327. The van der Waals surface area contributed by atoms with E-state index < -0.39 is 11.4 Å². The molecule has 0 bridgehead atoms. The van der Waals surface area contributed by atoms with Crippen molar-refractivity contribution in [2.45, 2.75) is 6.61 Å². The molecule has 3 aromatic carbocycles.